The van der Waals surface area contributed by atoms with Crippen LogP contribution in [0.25, 0.3) is 0 Å². The number of rotatable bonds is 4. The summed E-state index contributed by atoms with van der Waals surface area (Å²) >= 11 is 0. The first-order valence-electron chi connectivity index (χ1n) is 7.47. The van der Waals surface area contributed by atoms with E-state index in [1.807, 2.05) is 0 Å². The number of carbonyl (C=O) groups excluding carboxylic acids is 1. The Balaban J connectivity index is 1.72. The molecule has 0 aromatic carbocycles. The van der Waals surface area contributed by atoms with Gasteiger partial charge in [-0.1, -0.05) is 0 Å². The van der Waals surface area contributed by atoms with Gasteiger partial charge in [-0.2, -0.15) is 13.2 Å². The minimum atomic E-state index is -4.52. The van der Waals surface area contributed by atoms with Crippen LogP contribution >= 0.6 is 0 Å². The molecular formula is C16H12F3N5O2. The van der Waals surface area contributed by atoms with Crippen molar-refractivity contribution < 1.29 is 22.7 Å². The zero-order chi connectivity index (χ0) is 18.6. The zero-order valence-electron chi connectivity index (χ0n) is 13.2. The number of pyridine rings is 1. The highest BCUT2D eigenvalue weighted by Crippen LogP contribution is 2.24. The van der Waals surface area contributed by atoms with Crippen molar-refractivity contribution in [3.8, 4) is 11.5 Å². The predicted octanol–water partition coefficient (Wildman–Crippen LogP) is 3.03. The van der Waals surface area contributed by atoms with Crippen LogP contribution in [-0.2, 0) is 0 Å². The van der Waals surface area contributed by atoms with Crippen LogP contribution in [0.3, 0.4) is 0 Å². The summed E-state index contributed by atoms with van der Waals surface area (Å²) in [6.07, 6.45) is 2.38. The van der Waals surface area contributed by atoms with Crippen LogP contribution in [0.15, 0.2) is 53.9 Å². The number of carbonyl (C=O) groups is 1. The van der Waals surface area contributed by atoms with E-state index in [2.05, 4.69) is 25.3 Å². The number of hydrogen-bond acceptors (Lipinski definition) is 6. The van der Waals surface area contributed by atoms with Gasteiger partial charge in [0.25, 0.3) is 5.91 Å². The Hall–Kier alpha value is -3.30. The maximum absolute atomic E-state index is 12.7. The number of ether oxygens (including phenoxy) is 1. The molecule has 0 radical (unpaired) electrons. The minimum Gasteiger partial charge on any atom is -0.454 e. The maximum Gasteiger partial charge on any atom is 0.429 e. The lowest BCUT2D eigenvalue weighted by Crippen LogP contribution is -2.29. The number of alkyl halides is 3. The molecule has 134 valence electrons. The Kier molecular flexibility index (Phi) is 4.92. The van der Waals surface area contributed by atoms with E-state index < -0.39 is 17.8 Å². The average molecular weight is 363 g/mol. The topological polar surface area (TPSA) is 89.4 Å². The Bertz CT molecular complexity index is 866. The lowest BCUT2D eigenvalue weighted by molar-refractivity contribution is -0.0606. The van der Waals surface area contributed by atoms with Gasteiger partial charge in [0.05, 0.1) is 12.4 Å². The SMILES string of the molecule is O=C(NC1=CCCC(C(F)(F)F)=N1)c1cc(Oc2cncnc2)ccn1. The molecule has 7 nitrogen and oxygen atoms in total. The molecule has 1 amide bonds. The summed E-state index contributed by atoms with van der Waals surface area (Å²) in [4.78, 5) is 27.2. The van der Waals surface area contributed by atoms with E-state index in [9.17, 15) is 18.0 Å². The maximum atomic E-state index is 12.7. The number of hydrogen-bond donors (Lipinski definition) is 1. The molecule has 3 heterocycles. The summed E-state index contributed by atoms with van der Waals surface area (Å²) in [5, 5.41) is 2.32. The van der Waals surface area contributed by atoms with Gasteiger partial charge >= 0.3 is 6.18 Å². The Morgan fingerprint density at radius 2 is 1.96 bits per heavy atom. The van der Waals surface area contributed by atoms with Crippen LogP contribution in [0.4, 0.5) is 13.2 Å². The third-order valence-corrected chi connectivity index (χ3v) is 3.28. The van der Waals surface area contributed by atoms with Crippen molar-refractivity contribution in [2.24, 2.45) is 4.99 Å². The van der Waals surface area contributed by atoms with Crippen LogP contribution in [0.1, 0.15) is 23.3 Å². The van der Waals surface area contributed by atoms with Gasteiger partial charge in [-0.05, 0) is 25.0 Å². The average Bonchev–Trinajstić information content (AvgIpc) is 2.62. The zero-order valence-corrected chi connectivity index (χ0v) is 13.2. The van der Waals surface area contributed by atoms with Crippen LogP contribution in [0, 0.1) is 0 Å². The first-order valence-corrected chi connectivity index (χ1v) is 7.47. The normalized spacial score (nSPS) is 14.3. The summed E-state index contributed by atoms with van der Waals surface area (Å²) in [5.74, 6) is -0.187. The molecule has 1 aliphatic rings. The van der Waals surface area contributed by atoms with E-state index >= 15 is 0 Å². The predicted molar refractivity (Wildman–Crippen MR) is 84.6 cm³/mol. The fourth-order valence-corrected chi connectivity index (χ4v) is 2.13. The number of nitrogens with one attached hydrogen (secondary N) is 1. The standard InChI is InChI=1S/C16H12F3N5O2/c17-16(18,19)13-2-1-3-14(23-13)24-15(25)12-6-10(4-5-22-12)26-11-7-20-9-21-8-11/h3-9H,1-2H2,(H,24,25). The Morgan fingerprint density at radius 3 is 2.69 bits per heavy atom. The fourth-order valence-electron chi connectivity index (χ4n) is 2.13. The van der Waals surface area contributed by atoms with Crippen LogP contribution in [0.5, 0.6) is 11.5 Å². The first kappa shape index (κ1) is 17.5. The minimum absolute atomic E-state index is 0.0328. The Labute approximate surface area is 145 Å². The molecule has 3 rings (SSSR count). The van der Waals surface area contributed by atoms with Gasteiger partial charge < -0.3 is 10.1 Å². The van der Waals surface area contributed by atoms with Crippen molar-refractivity contribution in [3.05, 3.63) is 54.6 Å². The largest absolute Gasteiger partial charge is 0.454 e. The van der Waals surface area contributed by atoms with Crippen LogP contribution in [-0.4, -0.2) is 32.7 Å². The summed E-state index contributed by atoms with van der Waals surface area (Å²) < 4.78 is 43.7. The second-order valence-corrected chi connectivity index (χ2v) is 5.19. The van der Waals surface area contributed by atoms with Gasteiger partial charge in [0.2, 0.25) is 0 Å². The third-order valence-electron chi connectivity index (χ3n) is 3.28. The molecule has 0 unspecified atom stereocenters. The summed E-state index contributed by atoms with van der Waals surface area (Å²) in [6.45, 7) is 0. The van der Waals surface area contributed by atoms with Crippen molar-refractivity contribution in [1.29, 1.82) is 0 Å². The van der Waals surface area contributed by atoms with Gasteiger partial charge in [0.15, 0.2) is 5.75 Å². The highest BCUT2D eigenvalue weighted by molar-refractivity contribution is 5.95. The Morgan fingerprint density at radius 1 is 1.19 bits per heavy atom. The van der Waals surface area contributed by atoms with E-state index in [-0.39, 0.29) is 24.4 Å². The van der Waals surface area contributed by atoms with Crippen molar-refractivity contribution in [2.75, 3.05) is 0 Å². The van der Waals surface area contributed by atoms with E-state index in [1.54, 1.807) is 0 Å². The van der Waals surface area contributed by atoms with Gasteiger partial charge in [-0.3, -0.25) is 9.78 Å². The van der Waals surface area contributed by atoms with Gasteiger partial charge in [-0.25, -0.2) is 15.0 Å². The van der Waals surface area contributed by atoms with Gasteiger partial charge in [0, 0.05) is 12.3 Å². The molecule has 26 heavy (non-hydrogen) atoms. The number of halogens is 3. The van der Waals surface area contributed by atoms with Crippen molar-refractivity contribution in [2.45, 2.75) is 19.0 Å². The van der Waals surface area contributed by atoms with Crippen LogP contribution in [0.2, 0.25) is 0 Å². The second-order valence-electron chi connectivity index (χ2n) is 5.19. The second kappa shape index (κ2) is 7.30. The molecule has 10 heteroatoms. The van der Waals surface area contributed by atoms with E-state index in [0.717, 1.165) is 0 Å². The van der Waals surface area contributed by atoms with E-state index in [1.165, 1.54) is 43.1 Å². The lowest BCUT2D eigenvalue weighted by Gasteiger charge is -2.15. The van der Waals surface area contributed by atoms with Crippen molar-refractivity contribution >= 4 is 11.6 Å². The molecule has 0 saturated heterocycles. The van der Waals surface area contributed by atoms with Gasteiger partial charge in [0.1, 0.15) is 29.3 Å². The molecule has 0 spiro atoms. The number of amides is 1. The molecule has 0 saturated carbocycles. The highest BCUT2D eigenvalue weighted by atomic mass is 19.4. The molecule has 0 bridgehead atoms. The number of nitrogens with zero attached hydrogens (tertiary/aromatic N) is 4. The molecular weight excluding hydrogens is 351 g/mol. The smallest absolute Gasteiger partial charge is 0.429 e. The summed E-state index contributed by atoms with van der Waals surface area (Å²) in [5.41, 5.74) is -0.959. The summed E-state index contributed by atoms with van der Waals surface area (Å²) in [6, 6.07) is 2.86. The molecule has 0 fully saturated rings. The number of aromatic nitrogens is 3. The lowest BCUT2D eigenvalue weighted by atomic mass is 10.1. The van der Waals surface area contributed by atoms with Crippen LogP contribution < -0.4 is 10.1 Å². The molecule has 2 aromatic heterocycles. The molecule has 0 aliphatic carbocycles. The molecule has 2 aromatic rings. The number of allylic oxidation sites excluding steroid dienone is 1. The van der Waals surface area contributed by atoms with Gasteiger partial charge in [-0.15, -0.1) is 0 Å². The monoisotopic (exact) mass is 363 g/mol. The van der Waals surface area contributed by atoms with E-state index in [0.29, 0.717) is 11.5 Å². The quantitative estimate of drug-likeness (QED) is 0.902. The van der Waals surface area contributed by atoms with Crippen molar-refractivity contribution in [1.82, 2.24) is 20.3 Å². The molecule has 0 atom stereocenters. The van der Waals surface area contributed by atoms with Crippen molar-refractivity contribution in [3.63, 3.8) is 0 Å². The molecule has 1 N–H and O–H groups in total. The number of aliphatic imine (C=N–C) groups is 1. The third kappa shape index (κ3) is 4.41. The molecule has 1 aliphatic heterocycles. The summed E-state index contributed by atoms with van der Waals surface area (Å²) in [7, 11) is 0. The highest BCUT2D eigenvalue weighted by Gasteiger charge is 2.36. The first-order chi connectivity index (χ1) is 12.4. The van der Waals surface area contributed by atoms with E-state index in [4.69, 9.17) is 4.74 Å². The fraction of sp³-hybridized carbons (Fsp3) is 0.188.